The van der Waals surface area contributed by atoms with Crippen LogP contribution in [0.15, 0.2) is 43.1 Å². The first-order valence-electron chi connectivity index (χ1n) is 5.47. The monoisotopic (exact) mass is 216 g/mol. The molecule has 0 amide bonds. The normalized spacial score (nSPS) is 14.6. The van der Waals surface area contributed by atoms with Gasteiger partial charge in [-0.15, -0.1) is 0 Å². The standard InChI is InChI=1S/C12H16N4/c1-2-10(13)12(16-8-7-14-9-16)11-5-3-4-6-15-11/h3-10,12H,2,13H2,1H3. The van der Waals surface area contributed by atoms with Gasteiger partial charge in [0.25, 0.3) is 0 Å². The van der Waals surface area contributed by atoms with Crippen molar-refractivity contribution < 1.29 is 0 Å². The summed E-state index contributed by atoms with van der Waals surface area (Å²) < 4.78 is 2.01. The summed E-state index contributed by atoms with van der Waals surface area (Å²) in [6.45, 7) is 2.08. The van der Waals surface area contributed by atoms with E-state index in [1.165, 1.54) is 0 Å². The summed E-state index contributed by atoms with van der Waals surface area (Å²) in [7, 11) is 0. The number of nitrogens with zero attached hydrogens (tertiary/aromatic N) is 3. The number of pyridine rings is 1. The predicted molar refractivity (Wildman–Crippen MR) is 62.9 cm³/mol. The lowest BCUT2D eigenvalue weighted by Crippen LogP contribution is -2.32. The first kappa shape index (κ1) is 10.8. The van der Waals surface area contributed by atoms with Crippen LogP contribution >= 0.6 is 0 Å². The number of aromatic nitrogens is 3. The van der Waals surface area contributed by atoms with Crippen molar-refractivity contribution in [1.29, 1.82) is 0 Å². The molecule has 2 aromatic rings. The smallest absolute Gasteiger partial charge is 0.0952 e. The van der Waals surface area contributed by atoms with Crippen LogP contribution in [0.25, 0.3) is 0 Å². The SMILES string of the molecule is CCC(N)C(c1ccccn1)n1ccnc1. The van der Waals surface area contributed by atoms with Gasteiger partial charge in [0.05, 0.1) is 18.1 Å². The lowest BCUT2D eigenvalue weighted by atomic mass is 10.0. The molecule has 2 heterocycles. The fraction of sp³-hybridized carbons (Fsp3) is 0.333. The maximum Gasteiger partial charge on any atom is 0.0952 e. The van der Waals surface area contributed by atoms with Crippen LogP contribution in [0.4, 0.5) is 0 Å². The second-order valence-corrected chi connectivity index (χ2v) is 3.78. The Hall–Kier alpha value is -1.68. The van der Waals surface area contributed by atoms with Crippen molar-refractivity contribution in [3.8, 4) is 0 Å². The topological polar surface area (TPSA) is 56.7 Å². The first-order valence-corrected chi connectivity index (χ1v) is 5.47. The van der Waals surface area contributed by atoms with E-state index in [0.29, 0.717) is 0 Å². The van der Waals surface area contributed by atoms with Gasteiger partial charge in [-0.1, -0.05) is 13.0 Å². The van der Waals surface area contributed by atoms with Crippen LogP contribution in [0.2, 0.25) is 0 Å². The van der Waals surface area contributed by atoms with Crippen molar-refractivity contribution in [3.63, 3.8) is 0 Å². The highest BCUT2D eigenvalue weighted by Crippen LogP contribution is 2.20. The van der Waals surface area contributed by atoms with E-state index in [9.17, 15) is 0 Å². The van der Waals surface area contributed by atoms with E-state index in [2.05, 4.69) is 16.9 Å². The van der Waals surface area contributed by atoms with Gasteiger partial charge in [0.15, 0.2) is 0 Å². The van der Waals surface area contributed by atoms with Crippen molar-refractivity contribution in [1.82, 2.24) is 14.5 Å². The van der Waals surface area contributed by atoms with Crippen molar-refractivity contribution in [2.45, 2.75) is 25.4 Å². The van der Waals surface area contributed by atoms with Crippen molar-refractivity contribution in [2.24, 2.45) is 5.73 Å². The van der Waals surface area contributed by atoms with Crippen LogP contribution in [-0.2, 0) is 0 Å². The van der Waals surface area contributed by atoms with Gasteiger partial charge in [-0.3, -0.25) is 4.98 Å². The zero-order chi connectivity index (χ0) is 11.4. The highest BCUT2D eigenvalue weighted by Gasteiger charge is 2.20. The minimum atomic E-state index is 0.0455. The quantitative estimate of drug-likeness (QED) is 0.844. The Balaban J connectivity index is 2.36. The molecule has 0 radical (unpaired) electrons. The molecule has 0 fully saturated rings. The zero-order valence-electron chi connectivity index (χ0n) is 9.32. The summed E-state index contributed by atoms with van der Waals surface area (Å²) in [6, 6.07) is 6.00. The predicted octanol–water partition coefficient (Wildman–Crippen LogP) is 1.60. The molecule has 0 spiro atoms. The second-order valence-electron chi connectivity index (χ2n) is 3.78. The summed E-state index contributed by atoms with van der Waals surface area (Å²) in [5, 5.41) is 0. The molecule has 0 aliphatic carbocycles. The van der Waals surface area contributed by atoms with E-state index in [-0.39, 0.29) is 12.1 Å². The Morgan fingerprint density at radius 1 is 1.38 bits per heavy atom. The third-order valence-electron chi connectivity index (χ3n) is 2.71. The van der Waals surface area contributed by atoms with Crippen molar-refractivity contribution in [3.05, 3.63) is 48.8 Å². The Labute approximate surface area is 95.1 Å². The molecular weight excluding hydrogens is 200 g/mol. The third kappa shape index (κ3) is 2.12. The molecule has 2 aromatic heterocycles. The summed E-state index contributed by atoms with van der Waals surface area (Å²) >= 11 is 0. The molecule has 4 nitrogen and oxygen atoms in total. The Kier molecular flexibility index (Phi) is 3.31. The van der Waals surface area contributed by atoms with Gasteiger partial charge >= 0.3 is 0 Å². The van der Waals surface area contributed by atoms with Crippen LogP contribution in [0, 0.1) is 0 Å². The zero-order valence-corrected chi connectivity index (χ0v) is 9.32. The molecule has 0 bridgehead atoms. The number of hydrogen-bond acceptors (Lipinski definition) is 3. The maximum absolute atomic E-state index is 6.15. The second kappa shape index (κ2) is 4.90. The first-order chi connectivity index (χ1) is 7.83. The summed E-state index contributed by atoms with van der Waals surface area (Å²) in [5.41, 5.74) is 7.13. The van der Waals surface area contributed by atoms with Gasteiger partial charge in [0.2, 0.25) is 0 Å². The highest BCUT2D eigenvalue weighted by atomic mass is 15.1. The van der Waals surface area contributed by atoms with Crippen molar-refractivity contribution in [2.75, 3.05) is 0 Å². The van der Waals surface area contributed by atoms with Gasteiger partial charge in [-0.05, 0) is 18.6 Å². The van der Waals surface area contributed by atoms with Crippen LogP contribution in [0.3, 0.4) is 0 Å². The molecule has 84 valence electrons. The fourth-order valence-electron chi connectivity index (χ4n) is 1.80. The van der Waals surface area contributed by atoms with Gasteiger partial charge < -0.3 is 10.3 Å². The molecule has 16 heavy (non-hydrogen) atoms. The molecule has 2 unspecified atom stereocenters. The van der Waals surface area contributed by atoms with E-state index < -0.39 is 0 Å². The van der Waals surface area contributed by atoms with E-state index in [4.69, 9.17) is 5.73 Å². The Bertz CT molecular complexity index is 410. The van der Waals surface area contributed by atoms with Crippen LogP contribution in [0.5, 0.6) is 0 Å². The van der Waals surface area contributed by atoms with Crippen LogP contribution < -0.4 is 5.73 Å². The molecule has 0 aliphatic rings. The summed E-state index contributed by atoms with van der Waals surface area (Å²) in [6.07, 6.45) is 8.17. The summed E-state index contributed by atoms with van der Waals surface area (Å²) in [5.74, 6) is 0. The minimum Gasteiger partial charge on any atom is -0.327 e. The van der Waals surface area contributed by atoms with Gasteiger partial charge in [0, 0.05) is 24.6 Å². The lowest BCUT2D eigenvalue weighted by Gasteiger charge is -2.23. The van der Waals surface area contributed by atoms with E-state index >= 15 is 0 Å². The van der Waals surface area contributed by atoms with Gasteiger partial charge in [-0.2, -0.15) is 0 Å². The molecule has 0 aromatic carbocycles. The van der Waals surface area contributed by atoms with E-state index in [0.717, 1.165) is 12.1 Å². The Morgan fingerprint density at radius 2 is 2.25 bits per heavy atom. The molecule has 4 heteroatoms. The molecule has 0 saturated carbocycles. The Morgan fingerprint density at radius 3 is 2.81 bits per heavy atom. The van der Waals surface area contributed by atoms with Gasteiger partial charge in [-0.25, -0.2) is 4.98 Å². The molecule has 2 N–H and O–H groups in total. The van der Waals surface area contributed by atoms with Crippen molar-refractivity contribution >= 4 is 0 Å². The number of rotatable bonds is 4. The fourth-order valence-corrected chi connectivity index (χ4v) is 1.80. The average Bonchev–Trinajstić information content (AvgIpc) is 2.84. The maximum atomic E-state index is 6.15. The molecule has 2 rings (SSSR count). The third-order valence-corrected chi connectivity index (χ3v) is 2.71. The lowest BCUT2D eigenvalue weighted by molar-refractivity contribution is 0.449. The van der Waals surface area contributed by atoms with Crippen LogP contribution in [-0.4, -0.2) is 20.6 Å². The van der Waals surface area contributed by atoms with E-state index in [1.54, 1.807) is 18.7 Å². The highest BCUT2D eigenvalue weighted by molar-refractivity contribution is 5.13. The number of imidazole rings is 1. The van der Waals surface area contributed by atoms with Crippen LogP contribution in [0.1, 0.15) is 25.1 Å². The summed E-state index contributed by atoms with van der Waals surface area (Å²) in [4.78, 5) is 8.44. The molecule has 0 saturated heterocycles. The molecular formula is C12H16N4. The molecule has 2 atom stereocenters. The average molecular weight is 216 g/mol. The number of nitrogens with two attached hydrogens (primary N) is 1. The largest absolute Gasteiger partial charge is 0.327 e. The minimum absolute atomic E-state index is 0.0455. The molecule has 0 aliphatic heterocycles. The van der Waals surface area contributed by atoms with E-state index in [1.807, 2.05) is 29.0 Å². The van der Waals surface area contributed by atoms with Gasteiger partial charge in [0.1, 0.15) is 0 Å². The number of hydrogen-bond donors (Lipinski definition) is 1.